The molecule has 0 aromatic carbocycles. The largest absolute Gasteiger partial charge is 0.393 e. The van der Waals surface area contributed by atoms with Crippen LogP contribution in [0.2, 0.25) is 0 Å². The van der Waals surface area contributed by atoms with E-state index in [0.717, 1.165) is 6.42 Å². The molecule has 0 saturated carbocycles. The molecule has 0 saturated heterocycles. The van der Waals surface area contributed by atoms with E-state index in [1.165, 1.54) is 12.8 Å². The van der Waals surface area contributed by atoms with Crippen LogP contribution in [0.25, 0.3) is 0 Å². The highest BCUT2D eigenvalue weighted by Gasteiger charge is 2.19. The van der Waals surface area contributed by atoms with Crippen molar-refractivity contribution in [1.29, 1.82) is 0 Å². The van der Waals surface area contributed by atoms with Gasteiger partial charge in [0.15, 0.2) is 0 Å². The zero-order valence-electron chi connectivity index (χ0n) is 12.1. The molecule has 1 atom stereocenters. The predicted octanol–water partition coefficient (Wildman–Crippen LogP) is 4.64. The molecular formula is C14H32O. The van der Waals surface area contributed by atoms with Crippen LogP contribution in [-0.4, -0.2) is 11.2 Å². The van der Waals surface area contributed by atoms with Gasteiger partial charge in [0.2, 0.25) is 0 Å². The molecule has 0 rings (SSSR count). The number of aliphatic hydroxyl groups excluding tert-OH is 1. The average molecular weight is 216 g/mol. The summed E-state index contributed by atoms with van der Waals surface area (Å²) in [6.07, 6.45) is 3.35. The van der Waals surface area contributed by atoms with Gasteiger partial charge in [-0.1, -0.05) is 61.8 Å². The summed E-state index contributed by atoms with van der Waals surface area (Å²) in [7, 11) is 0. The summed E-state index contributed by atoms with van der Waals surface area (Å²) in [5.41, 5.74) is 0.615. The summed E-state index contributed by atoms with van der Waals surface area (Å²) in [4.78, 5) is 0. The number of hydrogen-bond acceptors (Lipinski definition) is 1. The van der Waals surface area contributed by atoms with Gasteiger partial charge >= 0.3 is 0 Å². The molecule has 0 aliphatic carbocycles. The summed E-state index contributed by atoms with van der Waals surface area (Å²) in [6, 6.07) is 0. The minimum atomic E-state index is -0.150. The minimum Gasteiger partial charge on any atom is -0.393 e. The third-order valence-corrected chi connectivity index (χ3v) is 2.39. The third kappa shape index (κ3) is 14.0. The molecule has 0 amide bonds. The SMILES string of the molecule is CCC(O)C(C)(C)C.CCCC(C)(C)C. The lowest BCUT2D eigenvalue weighted by atomic mass is 9.88. The smallest absolute Gasteiger partial charge is 0.0585 e. The summed E-state index contributed by atoms with van der Waals surface area (Å²) < 4.78 is 0. The standard InChI is InChI=1S/C7H16O.C7H16/c1-5-6(8)7(2,3)4;1-5-6-7(2,3)4/h6,8H,5H2,1-4H3;5-6H2,1-4H3. The molecule has 0 fully saturated rings. The fourth-order valence-electron chi connectivity index (χ4n) is 1.36. The van der Waals surface area contributed by atoms with Crippen LogP contribution >= 0.6 is 0 Å². The molecule has 1 nitrogen and oxygen atoms in total. The van der Waals surface area contributed by atoms with E-state index in [-0.39, 0.29) is 11.5 Å². The van der Waals surface area contributed by atoms with Gasteiger partial charge in [0.05, 0.1) is 6.10 Å². The van der Waals surface area contributed by atoms with E-state index in [2.05, 4.69) is 27.7 Å². The summed E-state index contributed by atoms with van der Waals surface area (Å²) >= 11 is 0. The zero-order chi connectivity index (χ0) is 12.7. The van der Waals surface area contributed by atoms with Crippen LogP contribution in [0, 0.1) is 10.8 Å². The van der Waals surface area contributed by atoms with E-state index in [1.54, 1.807) is 0 Å². The van der Waals surface area contributed by atoms with Crippen molar-refractivity contribution in [3.05, 3.63) is 0 Å². The normalized spacial score (nSPS) is 14.2. The van der Waals surface area contributed by atoms with E-state index in [0.29, 0.717) is 5.41 Å². The molecule has 15 heavy (non-hydrogen) atoms. The van der Waals surface area contributed by atoms with E-state index < -0.39 is 0 Å². The molecule has 0 heterocycles. The van der Waals surface area contributed by atoms with Crippen molar-refractivity contribution < 1.29 is 5.11 Å². The van der Waals surface area contributed by atoms with Crippen molar-refractivity contribution in [2.45, 2.75) is 80.8 Å². The average Bonchev–Trinajstić information content (AvgIpc) is 2.00. The zero-order valence-corrected chi connectivity index (χ0v) is 12.1. The summed E-state index contributed by atoms with van der Waals surface area (Å²) in [5, 5.41) is 9.19. The van der Waals surface area contributed by atoms with Crippen molar-refractivity contribution in [3.8, 4) is 0 Å². The van der Waals surface area contributed by atoms with Gasteiger partial charge in [-0.3, -0.25) is 0 Å². The molecule has 0 aliphatic heterocycles. The molecule has 0 bridgehead atoms. The van der Waals surface area contributed by atoms with Gasteiger partial charge in [-0.2, -0.15) is 0 Å². The number of hydrogen-bond donors (Lipinski definition) is 1. The van der Waals surface area contributed by atoms with Crippen molar-refractivity contribution in [2.24, 2.45) is 10.8 Å². The van der Waals surface area contributed by atoms with Crippen LogP contribution in [0.3, 0.4) is 0 Å². The maximum atomic E-state index is 9.19. The van der Waals surface area contributed by atoms with Crippen LogP contribution in [0.15, 0.2) is 0 Å². The Morgan fingerprint density at radius 2 is 1.33 bits per heavy atom. The molecule has 0 radical (unpaired) electrons. The first kappa shape index (κ1) is 17.4. The van der Waals surface area contributed by atoms with Crippen molar-refractivity contribution in [1.82, 2.24) is 0 Å². The second-order valence-corrected chi connectivity index (χ2v) is 6.60. The van der Waals surface area contributed by atoms with E-state index in [9.17, 15) is 5.11 Å². The topological polar surface area (TPSA) is 20.2 Å². The monoisotopic (exact) mass is 216 g/mol. The molecule has 1 N–H and O–H groups in total. The number of aliphatic hydroxyl groups is 1. The Balaban J connectivity index is 0. The minimum absolute atomic E-state index is 0.0642. The molecule has 1 unspecified atom stereocenters. The maximum Gasteiger partial charge on any atom is 0.0585 e. The van der Waals surface area contributed by atoms with Crippen LogP contribution in [-0.2, 0) is 0 Å². The quantitative estimate of drug-likeness (QED) is 0.713. The van der Waals surface area contributed by atoms with Crippen LogP contribution in [0.1, 0.15) is 74.7 Å². The third-order valence-electron chi connectivity index (χ3n) is 2.39. The predicted molar refractivity (Wildman–Crippen MR) is 70.1 cm³/mol. The Morgan fingerprint density at radius 3 is 1.33 bits per heavy atom. The molecular weight excluding hydrogens is 184 g/mol. The van der Waals surface area contributed by atoms with Gasteiger partial charge in [0, 0.05) is 0 Å². The molecule has 94 valence electrons. The van der Waals surface area contributed by atoms with Gasteiger partial charge in [-0.15, -0.1) is 0 Å². The fourth-order valence-corrected chi connectivity index (χ4v) is 1.36. The van der Waals surface area contributed by atoms with Gasteiger partial charge in [-0.25, -0.2) is 0 Å². The summed E-state index contributed by atoms with van der Waals surface area (Å²) in [5.74, 6) is 0. The molecule has 1 heteroatoms. The Labute approximate surface area is 97.3 Å². The number of rotatable bonds is 2. The second-order valence-electron chi connectivity index (χ2n) is 6.60. The van der Waals surface area contributed by atoms with Crippen molar-refractivity contribution in [2.75, 3.05) is 0 Å². The Kier molecular flexibility index (Phi) is 8.41. The Hall–Kier alpha value is -0.0400. The van der Waals surface area contributed by atoms with Crippen molar-refractivity contribution >= 4 is 0 Å². The van der Waals surface area contributed by atoms with E-state index in [1.807, 2.05) is 27.7 Å². The first-order valence-electron chi connectivity index (χ1n) is 6.22. The highest BCUT2D eigenvalue weighted by Crippen LogP contribution is 2.20. The van der Waals surface area contributed by atoms with Gasteiger partial charge in [0.25, 0.3) is 0 Å². The highest BCUT2D eigenvalue weighted by atomic mass is 16.3. The summed E-state index contributed by atoms with van der Waals surface area (Å²) in [6.45, 7) is 17.2. The van der Waals surface area contributed by atoms with Crippen LogP contribution < -0.4 is 0 Å². The maximum absolute atomic E-state index is 9.19. The van der Waals surface area contributed by atoms with Gasteiger partial charge in [0.1, 0.15) is 0 Å². The molecule has 0 spiro atoms. The van der Waals surface area contributed by atoms with Gasteiger partial charge in [-0.05, 0) is 23.7 Å². The van der Waals surface area contributed by atoms with E-state index in [4.69, 9.17) is 0 Å². The Bertz CT molecular complexity index is 136. The van der Waals surface area contributed by atoms with Crippen LogP contribution in [0.5, 0.6) is 0 Å². The first-order chi connectivity index (χ1) is 6.54. The van der Waals surface area contributed by atoms with Gasteiger partial charge < -0.3 is 5.11 Å². The Morgan fingerprint density at radius 1 is 0.933 bits per heavy atom. The lowest BCUT2D eigenvalue weighted by Gasteiger charge is -2.24. The lowest BCUT2D eigenvalue weighted by Crippen LogP contribution is -2.24. The van der Waals surface area contributed by atoms with E-state index >= 15 is 0 Å². The fraction of sp³-hybridized carbons (Fsp3) is 1.00. The highest BCUT2D eigenvalue weighted by molar-refractivity contribution is 4.70. The van der Waals surface area contributed by atoms with Crippen molar-refractivity contribution in [3.63, 3.8) is 0 Å². The second kappa shape index (κ2) is 7.27. The molecule has 0 aromatic heterocycles. The lowest BCUT2D eigenvalue weighted by molar-refractivity contribution is 0.0600. The van der Waals surface area contributed by atoms with Crippen LogP contribution in [0.4, 0.5) is 0 Å². The first-order valence-corrected chi connectivity index (χ1v) is 6.22. The molecule has 0 aromatic rings. The molecule has 0 aliphatic rings.